The van der Waals surface area contributed by atoms with Crippen LogP contribution in [-0.2, 0) is 13.0 Å². The van der Waals surface area contributed by atoms with Crippen LogP contribution < -0.4 is 10.6 Å². The maximum Gasteiger partial charge on any atom is 0.191 e. The molecule has 2 N–H and O–H groups in total. The molecule has 0 spiro atoms. The lowest BCUT2D eigenvalue weighted by Gasteiger charge is -2.20. The minimum Gasteiger partial charge on any atom is -0.355 e. The molecule has 0 aliphatic heterocycles. The van der Waals surface area contributed by atoms with Gasteiger partial charge in [0.05, 0.1) is 0 Å². The fraction of sp³-hybridized carbons (Fsp3) is 0.800. The summed E-state index contributed by atoms with van der Waals surface area (Å²) in [6.07, 6.45) is 3.87. The van der Waals surface area contributed by atoms with Crippen LogP contribution >= 0.6 is 24.0 Å². The number of halogens is 1. The van der Waals surface area contributed by atoms with Crippen LogP contribution in [0, 0.1) is 0 Å². The highest BCUT2D eigenvalue weighted by Gasteiger charge is 2.03. The standard InChI is InChI=1S/C15H31N7.HI/c1-5-10-21(7-3)11-8-17-15(16-4)18-9-12-22-13-19-20-14(22)6-2;/h13H,5-12H2,1-4H3,(H2,16,17,18);1H. The Morgan fingerprint density at radius 1 is 1.22 bits per heavy atom. The molecule has 0 aromatic carbocycles. The van der Waals surface area contributed by atoms with Gasteiger partial charge in [-0.25, -0.2) is 0 Å². The second kappa shape index (κ2) is 13.5. The van der Waals surface area contributed by atoms with Crippen molar-refractivity contribution in [3.8, 4) is 0 Å². The monoisotopic (exact) mass is 437 g/mol. The number of hydrogen-bond acceptors (Lipinski definition) is 4. The Labute approximate surface area is 157 Å². The Hall–Kier alpha value is -0.900. The molecule has 0 saturated heterocycles. The lowest BCUT2D eigenvalue weighted by molar-refractivity contribution is 0.293. The van der Waals surface area contributed by atoms with Crippen LogP contribution in [0.4, 0.5) is 0 Å². The SMILES string of the molecule is CCCN(CC)CCNC(=NC)NCCn1cnnc1CC.I. The predicted octanol–water partition coefficient (Wildman–Crippen LogP) is 1.36. The molecule has 0 atom stereocenters. The summed E-state index contributed by atoms with van der Waals surface area (Å²) >= 11 is 0. The first kappa shape index (κ1) is 22.1. The van der Waals surface area contributed by atoms with Crippen LogP contribution in [0.1, 0.15) is 33.0 Å². The van der Waals surface area contributed by atoms with Gasteiger partial charge in [-0.15, -0.1) is 34.2 Å². The van der Waals surface area contributed by atoms with E-state index in [1.54, 1.807) is 13.4 Å². The summed E-state index contributed by atoms with van der Waals surface area (Å²) in [7, 11) is 1.80. The van der Waals surface area contributed by atoms with E-state index in [9.17, 15) is 0 Å². The van der Waals surface area contributed by atoms with Crippen molar-refractivity contribution < 1.29 is 0 Å². The van der Waals surface area contributed by atoms with Crippen molar-refractivity contribution in [2.24, 2.45) is 4.99 Å². The highest BCUT2D eigenvalue weighted by Crippen LogP contribution is 1.94. The average molecular weight is 437 g/mol. The lowest BCUT2D eigenvalue weighted by Crippen LogP contribution is -2.42. The van der Waals surface area contributed by atoms with Crippen molar-refractivity contribution in [1.29, 1.82) is 0 Å². The zero-order valence-corrected chi connectivity index (χ0v) is 17.2. The fourth-order valence-corrected chi connectivity index (χ4v) is 2.33. The summed E-state index contributed by atoms with van der Waals surface area (Å²) in [5.74, 6) is 1.86. The van der Waals surface area contributed by atoms with Gasteiger partial charge in [-0.2, -0.15) is 0 Å². The Bertz CT molecular complexity index is 433. The quantitative estimate of drug-likeness (QED) is 0.329. The number of likely N-dealkylation sites (N-methyl/N-ethyl adjacent to an activating group) is 1. The van der Waals surface area contributed by atoms with E-state index >= 15 is 0 Å². The number of hydrogen-bond donors (Lipinski definition) is 2. The first-order valence-electron chi connectivity index (χ1n) is 8.28. The third-order valence-electron chi connectivity index (χ3n) is 3.59. The van der Waals surface area contributed by atoms with Gasteiger partial charge in [-0.05, 0) is 19.5 Å². The Kier molecular flexibility index (Phi) is 13.0. The van der Waals surface area contributed by atoms with Crippen molar-refractivity contribution in [3.05, 3.63) is 12.2 Å². The Morgan fingerprint density at radius 3 is 2.57 bits per heavy atom. The minimum atomic E-state index is 0. The highest BCUT2D eigenvalue weighted by atomic mass is 127. The number of aromatic nitrogens is 3. The van der Waals surface area contributed by atoms with Crippen LogP contribution in [-0.4, -0.2) is 65.4 Å². The van der Waals surface area contributed by atoms with Crippen LogP contribution in [0.3, 0.4) is 0 Å². The highest BCUT2D eigenvalue weighted by molar-refractivity contribution is 14.0. The van der Waals surface area contributed by atoms with E-state index in [1.165, 1.54) is 6.42 Å². The van der Waals surface area contributed by atoms with Crippen LogP contribution in [0.2, 0.25) is 0 Å². The summed E-state index contributed by atoms with van der Waals surface area (Å²) in [5.41, 5.74) is 0. The summed E-state index contributed by atoms with van der Waals surface area (Å²) in [6.45, 7) is 12.3. The van der Waals surface area contributed by atoms with Crippen LogP contribution in [0.5, 0.6) is 0 Å². The number of aliphatic imine (C=N–C) groups is 1. The minimum absolute atomic E-state index is 0. The van der Waals surface area contributed by atoms with Gasteiger partial charge in [0.25, 0.3) is 0 Å². The van der Waals surface area contributed by atoms with Crippen molar-refractivity contribution in [3.63, 3.8) is 0 Å². The third kappa shape index (κ3) is 8.50. The predicted molar refractivity (Wildman–Crippen MR) is 107 cm³/mol. The first-order valence-corrected chi connectivity index (χ1v) is 8.28. The van der Waals surface area contributed by atoms with Crippen molar-refractivity contribution in [2.45, 2.75) is 40.2 Å². The van der Waals surface area contributed by atoms with Crippen LogP contribution in [0.25, 0.3) is 0 Å². The van der Waals surface area contributed by atoms with E-state index in [0.29, 0.717) is 0 Å². The summed E-state index contributed by atoms with van der Waals surface area (Å²) < 4.78 is 2.07. The molecule has 0 amide bonds. The summed E-state index contributed by atoms with van der Waals surface area (Å²) in [6, 6.07) is 0. The molecule has 0 fully saturated rings. The topological polar surface area (TPSA) is 70.4 Å². The summed E-state index contributed by atoms with van der Waals surface area (Å²) in [5, 5.41) is 14.7. The molecular weight excluding hydrogens is 405 g/mol. The van der Waals surface area contributed by atoms with E-state index in [2.05, 4.69) is 56.1 Å². The second-order valence-corrected chi connectivity index (χ2v) is 5.15. The van der Waals surface area contributed by atoms with Crippen molar-refractivity contribution in [1.82, 2.24) is 30.3 Å². The largest absolute Gasteiger partial charge is 0.355 e. The molecule has 1 heterocycles. The molecule has 0 unspecified atom stereocenters. The van der Waals surface area contributed by atoms with E-state index in [4.69, 9.17) is 0 Å². The molecule has 8 heteroatoms. The van der Waals surface area contributed by atoms with Gasteiger partial charge in [0.2, 0.25) is 0 Å². The van der Waals surface area contributed by atoms with Gasteiger partial charge < -0.3 is 20.1 Å². The second-order valence-electron chi connectivity index (χ2n) is 5.15. The molecule has 0 aliphatic carbocycles. The molecule has 23 heavy (non-hydrogen) atoms. The molecule has 1 rings (SSSR count). The van der Waals surface area contributed by atoms with Gasteiger partial charge in [0.1, 0.15) is 12.2 Å². The third-order valence-corrected chi connectivity index (χ3v) is 3.59. The van der Waals surface area contributed by atoms with E-state index < -0.39 is 0 Å². The summed E-state index contributed by atoms with van der Waals surface area (Å²) in [4.78, 5) is 6.69. The number of rotatable bonds is 10. The van der Waals surface area contributed by atoms with Gasteiger partial charge >= 0.3 is 0 Å². The molecule has 7 nitrogen and oxygen atoms in total. The number of nitrogens with one attached hydrogen (secondary N) is 2. The van der Waals surface area contributed by atoms with Crippen molar-refractivity contribution in [2.75, 3.05) is 39.8 Å². The fourth-order valence-electron chi connectivity index (χ4n) is 2.33. The molecule has 0 radical (unpaired) electrons. The molecule has 0 aliphatic rings. The van der Waals surface area contributed by atoms with E-state index in [-0.39, 0.29) is 24.0 Å². The average Bonchev–Trinajstić information content (AvgIpc) is 2.99. The number of aryl methyl sites for hydroxylation is 1. The maximum absolute atomic E-state index is 4.25. The normalized spacial score (nSPS) is 11.4. The molecule has 134 valence electrons. The smallest absolute Gasteiger partial charge is 0.191 e. The molecule has 0 saturated carbocycles. The van der Waals surface area contributed by atoms with Gasteiger partial charge in [-0.3, -0.25) is 4.99 Å². The Balaban J connectivity index is 0.00000484. The molecular formula is C15H32IN7. The number of guanidine groups is 1. The molecule has 1 aromatic rings. The lowest BCUT2D eigenvalue weighted by atomic mass is 10.4. The Morgan fingerprint density at radius 2 is 1.96 bits per heavy atom. The van der Waals surface area contributed by atoms with Gasteiger partial charge in [0, 0.05) is 39.6 Å². The van der Waals surface area contributed by atoms with E-state index in [0.717, 1.165) is 57.5 Å². The van der Waals surface area contributed by atoms with Gasteiger partial charge in [0.15, 0.2) is 5.96 Å². The molecule has 1 aromatic heterocycles. The zero-order valence-electron chi connectivity index (χ0n) is 14.9. The molecule has 0 bridgehead atoms. The maximum atomic E-state index is 4.25. The van der Waals surface area contributed by atoms with Crippen LogP contribution in [0.15, 0.2) is 11.3 Å². The first-order chi connectivity index (χ1) is 10.7. The van der Waals surface area contributed by atoms with E-state index in [1.807, 2.05) is 0 Å². The zero-order chi connectivity index (χ0) is 16.2. The van der Waals surface area contributed by atoms with Gasteiger partial charge in [-0.1, -0.05) is 20.8 Å². The van der Waals surface area contributed by atoms with Crippen molar-refractivity contribution >= 4 is 29.9 Å². The number of nitrogens with zero attached hydrogens (tertiary/aromatic N) is 5.